The Labute approximate surface area is 191 Å². The van der Waals surface area contributed by atoms with Gasteiger partial charge in [0.15, 0.2) is 11.0 Å². The van der Waals surface area contributed by atoms with Crippen molar-refractivity contribution < 1.29 is 14.3 Å². The maximum absolute atomic E-state index is 12.0. The van der Waals surface area contributed by atoms with Crippen molar-refractivity contribution >= 4 is 35.0 Å². The second-order valence-corrected chi connectivity index (χ2v) is 10.9. The number of nitrogens with one attached hydrogen (secondary N) is 2. The van der Waals surface area contributed by atoms with Crippen LogP contribution in [0.1, 0.15) is 37.6 Å². The number of amides is 3. The van der Waals surface area contributed by atoms with E-state index in [1.165, 1.54) is 28.6 Å². The summed E-state index contributed by atoms with van der Waals surface area (Å²) in [4.78, 5) is 26.2. The van der Waals surface area contributed by atoms with Gasteiger partial charge in [0.25, 0.3) is 0 Å². The van der Waals surface area contributed by atoms with Gasteiger partial charge in [-0.15, -0.1) is 21.5 Å². The van der Waals surface area contributed by atoms with Gasteiger partial charge in [-0.2, -0.15) is 0 Å². The zero-order chi connectivity index (χ0) is 22.6. The Bertz CT molecular complexity index is 932. The Morgan fingerprint density at radius 2 is 2.13 bits per heavy atom. The first-order valence-electron chi connectivity index (χ1n) is 10.4. The van der Waals surface area contributed by atoms with E-state index >= 15 is 0 Å². The quantitative estimate of drug-likeness (QED) is 0.481. The monoisotopic (exact) mass is 465 g/mol. The number of fused-ring (bicyclic) bond motifs is 1. The summed E-state index contributed by atoms with van der Waals surface area (Å²) in [5.74, 6) is 1.20. The van der Waals surface area contributed by atoms with Gasteiger partial charge in [0.1, 0.15) is 0 Å². The summed E-state index contributed by atoms with van der Waals surface area (Å²) in [6.45, 7) is 7.70. The topological polar surface area (TPSA) is 98.1 Å². The standard InChI is InChI=1S/C21H31N5O3S2/c1-21(2,3)14-6-7-15-13(10-14)11-16(31-15)18-24-25-20(26(18)4)30-12-17(27)23-19(28)22-8-9-29-5/h11,14H,6-10,12H2,1-5H3,(H2,22,23,27,28)/t14-/m1/s1. The van der Waals surface area contributed by atoms with Crippen molar-refractivity contribution in [1.82, 2.24) is 25.4 Å². The van der Waals surface area contributed by atoms with Crippen LogP contribution in [0.15, 0.2) is 11.2 Å². The lowest BCUT2D eigenvalue weighted by atomic mass is 9.72. The van der Waals surface area contributed by atoms with Crippen molar-refractivity contribution in [3.8, 4) is 10.7 Å². The molecule has 0 aliphatic heterocycles. The SMILES string of the molecule is COCCNC(=O)NC(=O)CSc1nnc(-c2cc3c(s2)CC[C@@H](C(C)(C)C)C3)n1C. The molecule has 2 aromatic rings. The second-order valence-electron chi connectivity index (χ2n) is 8.82. The predicted octanol–water partition coefficient (Wildman–Crippen LogP) is 3.26. The van der Waals surface area contributed by atoms with Crippen LogP contribution in [-0.4, -0.2) is 52.7 Å². The van der Waals surface area contributed by atoms with Gasteiger partial charge in [-0.25, -0.2) is 4.79 Å². The molecule has 0 spiro atoms. The molecule has 8 nitrogen and oxygen atoms in total. The number of hydrogen-bond donors (Lipinski definition) is 2. The van der Waals surface area contributed by atoms with E-state index in [2.05, 4.69) is 47.7 Å². The number of aryl methyl sites for hydroxylation is 1. The molecule has 2 aromatic heterocycles. The Balaban J connectivity index is 1.59. The third-order valence-electron chi connectivity index (χ3n) is 5.54. The molecule has 0 fully saturated rings. The lowest BCUT2D eigenvalue weighted by Gasteiger charge is -2.33. The fraction of sp³-hybridized carbons (Fsp3) is 0.619. The molecule has 3 amide bonds. The first kappa shape index (κ1) is 23.7. The molecule has 2 N–H and O–H groups in total. The summed E-state index contributed by atoms with van der Waals surface area (Å²) >= 11 is 3.05. The van der Waals surface area contributed by atoms with Crippen LogP contribution < -0.4 is 10.6 Å². The number of rotatable bonds is 7. The molecule has 0 saturated heterocycles. The van der Waals surface area contributed by atoms with E-state index in [-0.39, 0.29) is 11.7 Å². The summed E-state index contributed by atoms with van der Waals surface area (Å²) in [6.07, 6.45) is 3.46. The molecule has 0 aromatic carbocycles. The molecule has 3 rings (SSSR count). The molecule has 1 aliphatic rings. The highest BCUT2D eigenvalue weighted by Crippen LogP contribution is 2.42. The number of carbonyl (C=O) groups is 2. The predicted molar refractivity (Wildman–Crippen MR) is 123 cm³/mol. The zero-order valence-electron chi connectivity index (χ0n) is 18.8. The van der Waals surface area contributed by atoms with Gasteiger partial charge in [0.05, 0.1) is 17.2 Å². The molecule has 10 heteroatoms. The van der Waals surface area contributed by atoms with Crippen molar-refractivity contribution in [2.45, 2.75) is 45.2 Å². The minimum Gasteiger partial charge on any atom is -0.383 e. The fourth-order valence-corrected chi connectivity index (χ4v) is 5.57. The Hall–Kier alpha value is -1.91. The van der Waals surface area contributed by atoms with Crippen LogP contribution in [0.25, 0.3) is 10.7 Å². The smallest absolute Gasteiger partial charge is 0.321 e. The average molecular weight is 466 g/mol. The highest BCUT2D eigenvalue weighted by Gasteiger charge is 2.30. The summed E-state index contributed by atoms with van der Waals surface area (Å²) in [5, 5.41) is 14.1. The van der Waals surface area contributed by atoms with E-state index in [4.69, 9.17) is 4.74 Å². The largest absolute Gasteiger partial charge is 0.383 e. The molecule has 0 saturated carbocycles. The van der Waals surface area contributed by atoms with E-state index in [0.29, 0.717) is 29.6 Å². The number of ether oxygens (including phenoxy) is 1. The van der Waals surface area contributed by atoms with Crippen molar-refractivity contribution in [3.63, 3.8) is 0 Å². The number of methoxy groups -OCH3 is 1. The molecule has 1 atom stereocenters. The van der Waals surface area contributed by atoms with Crippen LogP contribution in [-0.2, 0) is 29.4 Å². The third kappa shape index (κ3) is 6.08. The number of urea groups is 1. The second kappa shape index (κ2) is 10.1. The van der Waals surface area contributed by atoms with E-state index in [1.807, 2.05) is 11.6 Å². The lowest BCUT2D eigenvalue weighted by molar-refractivity contribution is -0.117. The summed E-state index contributed by atoms with van der Waals surface area (Å²) in [7, 11) is 3.45. The summed E-state index contributed by atoms with van der Waals surface area (Å²) in [5.41, 5.74) is 1.75. The van der Waals surface area contributed by atoms with Crippen LogP contribution in [0.3, 0.4) is 0 Å². The molecular weight excluding hydrogens is 434 g/mol. The first-order chi connectivity index (χ1) is 14.7. The zero-order valence-corrected chi connectivity index (χ0v) is 20.4. The van der Waals surface area contributed by atoms with Crippen molar-refractivity contribution in [3.05, 3.63) is 16.5 Å². The number of thiophene rings is 1. The maximum Gasteiger partial charge on any atom is 0.321 e. The van der Waals surface area contributed by atoms with Crippen molar-refractivity contribution in [1.29, 1.82) is 0 Å². The van der Waals surface area contributed by atoms with Gasteiger partial charge < -0.3 is 14.6 Å². The Morgan fingerprint density at radius 3 is 2.84 bits per heavy atom. The molecule has 170 valence electrons. The molecule has 31 heavy (non-hydrogen) atoms. The van der Waals surface area contributed by atoms with Gasteiger partial charge in [-0.1, -0.05) is 32.5 Å². The first-order valence-corrected chi connectivity index (χ1v) is 12.2. The number of thioether (sulfide) groups is 1. The van der Waals surface area contributed by atoms with E-state index in [1.54, 1.807) is 18.4 Å². The van der Waals surface area contributed by atoms with Crippen molar-refractivity contribution in [2.75, 3.05) is 26.0 Å². The third-order valence-corrected chi connectivity index (χ3v) is 7.79. The van der Waals surface area contributed by atoms with Crippen LogP contribution in [0.2, 0.25) is 0 Å². The highest BCUT2D eigenvalue weighted by atomic mass is 32.2. The average Bonchev–Trinajstić information content (AvgIpc) is 3.28. The van der Waals surface area contributed by atoms with Gasteiger partial charge in [0, 0.05) is 25.6 Å². The maximum atomic E-state index is 12.0. The van der Waals surface area contributed by atoms with Gasteiger partial charge in [-0.3, -0.25) is 10.1 Å². The van der Waals surface area contributed by atoms with E-state index in [9.17, 15) is 9.59 Å². The van der Waals surface area contributed by atoms with Crippen LogP contribution >= 0.6 is 23.1 Å². The summed E-state index contributed by atoms with van der Waals surface area (Å²) in [6, 6.07) is 1.73. The Kier molecular flexibility index (Phi) is 7.77. The van der Waals surface area contributed by atoms with Crippen LogP contribution in [0, 0.1) is 11.3 Å². The lowest BCUT2D eigenvalue weighted by Crippen LogP contribution is -2.41. The number of hydrogen-bond acceptors (Lipinski definition) is 7. The molecule has 0 unspecified atom stereocenters. The molecule has 0 radical (unpaired) electrons. The highest BCUT2D eigenvalue weighted by molar-refractivity contribution is 7.99. The normalized spacial score (nSPS) is 16.1. The Morgan fingerprint density at radius 1 is 1.35 bits per heavy atom. The van der Waals surface area contributed by atoms with Crippen molar-refractivity contribution in [2.24, 2.45) is 18.4 Å². The molecule has 2 heterocycles. The number of carbonyl (C=O) groups excluding carboxylic acids is 2. The van der Waals surface area contributed by atoms with E-state index in [0.717, 1.165) is 23.5 Å². The number of nitrogens with zero attached hydrogens (tertiary/aromatic N) is 3. The van der Waals surface area contributed by atoms with Gasteiger partial charge >= 0.3 is 6.03 Å². The summed E-state index contributed by atoms with van der Waals surface area (Å²) < 4.78 is 6.76. The number of aromatic nitrogens is 3. The van der Waals surface area contributed by atoms with E-state index < -0.39 is 6.03 Å². The van der Waals surface area contributed by atoms with Crippen LogP contribution in [0.5, 0.6) is 0 Å². The van der Waals surface area contributed by atoms with Gasteiger partial charge in [0.2, 0.25) is 5.91 Å². The fourth-order valence-electron chi connectivity index (χ4n) is 3.63. The van der Waals surface area contributed by atoms with Crippen LogP contribution in [0.4, 0.5) is 4.79 Å². The molecule has 0 bridgehead atoms. The van der Waals surface area contributed by atoms with Gasteiger partial charge in [-0.05, 0) is 42.2 Å². The number of imide groups is 1. The molecular formula is C21H31N5O3S2. The molecule has 1 aliphatic carbocycles. The minimum atomic E-state index is -0.529. The minimum absolute atomic E-state index is 0.0812.